The zero-order chi connectivity index (χ0) is 20.4. The number of carbonyl (C=O) groups excluding carboxylic acids is 1. The predicted octanol–water partition coefficient (Wildman–Crippen LogP) is 1.20. The molecule has 2 rings (SSSR count). The first-order valence-corrected chi connectivity index (χ1v) is 10.9. The maximum absolute atomic E-state index is 12.4. The molecule has 0 bridgehead atoms. The lowest BCUT2D eigenvalue weighted by Gasteiger charge is -2.12. The lowest BCUT2D eigenvalue weighted by atomic mass is 10.0. The van der Waals surface area contributed by atoms with Crippen molar-refractivity contribution >= 4 is 26.0 Å². The molecule has 0 heterocycles. The first-order valence-electron chi connectivity index (χ1n) is 7.31. The van der Waals surface area contributed by atoms with E-state index in [9.17, 15) is 31.8 Å². The molecular weight excluding hydrogens is 400 g/mol. The smallest absolute Gasteiger partial charge is 0.306 e. The van der Waals surface area contributed by atoms with E-state index in [0.29, 0.717) is 0 Å². The minimum Gasteiger partial charge on any atom is -0.508 e. The second-order valence-electron chi connectivity index (χ2n) is 5.65. The van der Waals surface area contributed by atoms with Gasteiger partial charge in [-0.1, -0.05) is 6.07 Å². The Morgan fingerprint density at radius 3 is 2.11 bits per heavy atom. The number of rotatable bonds is 7. The van der Waals surface area contributed by atoms with Crippen LogP contribution in [0.15, 0.2) is 36.4 Å². The van der Waals surface area contributed by atoms with Crippen molar-refractivity contribution in [2.45, 2.75) is 6.42 Å². The Bertz CT molecular complexity index is 1090. The summed E-state index contributed by atoms with van der Waals surface area (Å²) < 4.78 is 54.9. The van der Waals surface area contributed by atoms with E-state index in [0.717, 1.165) is 24.6 Å². The van der Waals surface area contributed by atoms with Crippen molar-refractivity contribution in [2.75, 3.05) is 12.5 Å². The molecule has 0 saturated carbocycles. The Morgan fingerprint density at radius 1 is 0.926 bits per heavy atom. The lowest BCUT2D eigenvalue weighted by Crippen LogP contribution is -2.11. The van der Waals surface area contributed by atoms with E-state index in [4.69, 9.17) is 4.18 Å². The summed E-state index contributed by atoms with van der Waals surface area (Å²) in [7, 11) is -7.83. The van der Waals surface area contributed by atoms with E-state index in [1.54, 1.807) is 0 Å². The van der Waals surface area contributed by atoms with Crippen LogP contribution in [-0.4, -0.2) is 45.3 Å². The largest absolute Gasteiger partial charge is 0.508 e. The van der Waals surface area contributed by atoms with Gasteiger partial charge in [0.05, 0.1) is 18.1 Å². The van der Waals surface area contributed by atoms with Crippen molar-refractivity contribution in [1.82, 2.24) is 0 Å². The van der Waals surface area contributed by atoms with Gasteiger partial charge in [0.25, 0.3) is 0 Å². The van der Waals surface area contributed by atoms with E-state index in [2.05, 4.69) is 4.18 Å². The monoisotopic (exact) mass is 416 g/mol. The molecule has 0 spiro atoms. The second-order valence-corrected chi connectivity index (χ2v) is 8.80. The number of hydrogen-bond donors (Lipinski definition) is 2. The molecule has 2 aromatic rings. The van der Waals surface area contributed by atoms with E-state index in [1.807, 2.05) is 0 Å². The fourth-order valence-electron chi connectivity index (χ4n) is 2.17. The van der Waals surface area contributed by atoms with E-state index in [1.165, 1.54) is 24.3 Å². The fourth-order valence-corrected chi connectivity index (χ4v) is 3.11. The normalized spacial score (nSPS) is 11.8. The summed E-state index contributed by atoms with van der Waals surface area (Å²) in [4.78, 5) is 12.4. The topological polar surface area (TPSA) is 144 Å². The van der Waals surface area contributed by atoms with Gasteiger partial charge in [0.2, 0.25) is 0 Å². The molecule has 0 fully saturated rings. The number of phenols is 2. The maximum Gasteiger partial charge on any atom is 0.306 e. The highest BCUT2D eigenvalue weighted by Gasteiger charge is 2.19. The molecule has 2 N–H and O–H groups in total. The SMILES string of the molecule is CS(=O)(=O)Oc1ccc(CC(=O)c2ccc(O)cc2O)c(OS(C)(=O)=O)c1. The number of benzene rings is 2. The van der Waals surface area contributed by atoms with Crippen molar-refractivity contribution in [3.8, 4) is 23.0 Å². The highest BCUT2D eigenvalue weighted by molar-refractivity contribution is 7.86. The van der Waals surface area contributed by atoms with Crippen LogP contribution in [0.25, 0.3) is 0 Å². The molecule has 0 aliphatic rings. The molecule has 0 aliphatic carbocycles. The molecule has 11 heteroatoms. The van der Waals surface area contributed by atoms with Gasteiger partial charge in [0, 0.05) is 24.1 Å². The van der Waals surface area contributed by atoms with Crippen LogP contribution in [0.4, 0.5) is 0 Å². The number of hydrogen-bond acceptors (Lipinski definition) is 9. The van der Waals surface area contributed by atoms with Crippen molar-refractivity contribution in [2.24, 2.45) is 0 Å². The maximum atomic E-state index is 12.4. The Labute approximate surface area is 156 Å². The van der Waals surface area contributed by atoms with E-state index in [-0.39, 0.29) is 34.8 Å². The third-order valence-electron chi connectivity index (χ3n) is 3.16. The molecule has 0 saturated heterocycles. The Kier molecular flexibility index (Phi) is 5.66. The third kappa shape index (κ3) is 6.15. The number of carbonyl (C=O) groups is 1. The number of Topliss-reactive ketones (excluding diaryl/α,β-unsaturated/α-hetero) is 1. The van der Waals surface area contributed by atoms with Crippen LogP contribution in [0.1, 0.15) is 15.9 Å². The fraction of sp³-hybridized carbons (Fsp3) is 0.188. The van der Waals surface area contributed by atoms with Crippen LogP contribution in [0.3, 0.4) is 0 Å². The van der Waals surface area contributed by atoms with Crippen molar-refractivity contribution in [3.63, 3.8) is 0 Å². The van der Waals surface area contributed by atoms with Gasteiger partial charge in [0.1, 0.15) is 23.0 Å². The van der Waals surface area contributed by atoms with Crippen LogP contribution in [-0.2, 0) is 26.7 Å². The Morgan fingerprint density at radius 2 is 1.56 bits per heavy atom. The molecule has 9 nitrogen and oxygen atoms in total. The number of aromatic hydroxyl groups is 2. The average Bonchev–Trinajstić information content (AvgIpc) is 2.46. The zero-order valence-corrected chi connectivity index (χ0v) is 15.9. The second kappa shape index (κ2) is 7.45. The molecule has 0 unspecified atom stereocenters. The third-order valence-corrected chi connectivity index (χ3v) is 4.14. The highest BCUT2D eigenvalue weighted by Crippen LogP contribution is 2.30. The quantitative estimate of drug-likeness (QED) is 0.502. The predicted molar refractivity (Wildman–Crippen MR) is 95.2 cm³/mol. The van der Waals surface area contributed by atoms with E-state index >= 15 is 0 Å². The van der Waals surface area contributed by atoms with Gasteiger partial charge in [-0.3, -0.25) is 4.79 Å². The minimum atomic E-state index is -3.97. The van der Waals surface area contributed by atoms with Crippen LogP contribution in [0, 0.1) is 0 Å². The summed E-state index contributed by atoms with van der Waals surface area (Å²) >= 11 is 0. The highest BCUT2D eigenvalue weighted by atomic mass is 32.2. The molecule has 0 radical (unpaired) electrons. The van der Waals surface area contributed by atoms with Crippen LogP contribution < -0.4 is 8.37 Å². The summed E-state index contributed by atoms with van der Waals surface area (Å²) in [6, 6.07) is 6.95. The zero-order valence-electron chi connectivity index (χ0n) is 14.2. The van der Waals surface area contributed by atoms with Gasteiger partial charge in [-0.25, -0.2) is 0 Å². The number of phenolic OH excluding ortho intramolecular Hbond substituents is 2. The van der Waals surface area contributed by atoms with Gasteiger partial charge in [-0.2, -0.15) is 16.8 Å². The standard InChI is InChI=1S/C16H16O9S2/c1-26(20,21)24-12-5-3-10(16(9-12)25-27(2,22)23)7-14(18)13-6-4-11(17)8-15(13)19/h3-6,8-9,17,19H,7H2,1-2H3. The lowest BCUT2D eigenvalue weighted by molar-refractivity contribution is 0.0989. The first-order chi connectivity index (χ1) is 12.3. The van der Waals surface area contributed by atoms with Crippen molar-refractivity contribution in [3.05, 3.63) is 47.5 Å². The number of ketones is 1. The van der Waals surface area contributed by atoms with Gasteiger partial charge in [-0.05, 0) is 18.2 Å². The Hall–Kier alpha value is -2.79. The van der Waals surface area contributed by atoms with Gasteiger partial charge < -0.3 is 18.6 Å². The van der Waals surface area contributed by atoms with Gasteiger partial charge >= 0.3 is 20.2 Å². The molecule has 0 aliphatic heterocycles. The molecule has 0 amide bonds. The van der Waals surface area contributed by atoms with Crippen molar-refractivity contribution < 1.29 is 40.2 Å². The molecular formula is C16H16O9S2. The molecule has 27 heavy (non-hydrogen) atoms. The van der Waals surface area contributed by atoms with Gasteiger partial charge in [0.15, 0.2) is 5.78 Å². The first kappa shape index (κ1) is 20.5. The summed E-state index contributed by atoms with van der Waals surface area (Å²) in [6.07, 6.45) is 1.24. The summed E-state index contributed by atoms with van der Waals surface area (Å²) in [6.45, 7) is 0. The molecule has 146 valence electrons. The van der Waals surface area contributed by atoms with Crippen molar-refractivity contribution in [1.29, 1.82) is 0 Å². The summed E-state index contributed by atoms with van der Waals surface area (Å²) in [5.41, 5.74) is 0.0355. The van der Waals surface area contributed by atoms with Crippen LogP contribution >= 0.6 is 0 Å². The summed E-state index contributed by atoms with van der Waals surface area (Å²) in [5, 5.41) is 19.1. The van der Waals surface area contributed by atoms with Gasteiger partial charge in [-0.15, -0.1) is 0 Å². The minimum absolute atomic E-state index is 0.0884. The summed E-state index contributed by atoms with van der Waals surface area (Å²) in [5.74, 6) is -1.73. The molecule has 0 atom stereocenters. The Balaban J connectivity index is 2.40. The van der Waals surface area contributed by atoms with Crippen LogP contribution in [0.5, 0.6) is 23.0 Å². The van der Waals surface area contributed by atoms with Crippen LogP contribution in [0.2, 0.25) is 0 Å². The average molecular weight is 416 g/mol. The molecule has 2 aromatic carbocycles. The molecule has 0 aromatic heterocycles. The van der Waals surface area contributed by atoms with E-state index < -0.39 is 31.8 Å².